The molecule has 1 aliphatic heterocycles. The van der Waals surface area contributed by atoms with E-state index < -0.39 is 0 Å². The SMILES string of the molecule is CNCc1nnc2n1CCN(C)C2=O.Cl.Cl. The highest BCUT2D eigenvalue weighted by Crippen LogP contribution is 2.10. The fourth-order valence-electron chi connectivity index (χ4n) is 1.54. The van der Waals surface area contributed by atoms with Crippen LogP contribution in [0.5, 0.6) is 0 Å². The number of fused-ring (bicyclic) bond motifs is 1. The van der Waals surface area contributed by atoms with Crippen LogP contribution in [0.2, 0.25) is 0 Å². The van der Waals surface area contributed by atoms with E-state index in [-0.39, 0.29) is 30.7 Å². The Labute approximate surface area is 106 Å². The molecule has 0 saturated carbocycles. The molecule has 16 heavy (non-hydrogen) atoms. The molecular formula is C8H15Cl2N5O. The van der Waals surface area contributed by atoms with Gasteiger partial charge in [-0.3, -0.25) is 4.79 Å². The van der Waals surface area contributed by atoms with Crippen molar-refractivity contribution in [1.29, 1.82) is 0 Å². The fraction of sp³-hybridized carbons (Fsp3) is 0.625. The highest BCUT2D eigenvalue weighted by molar-refractivity contribution is 5.91. The van der Waals surface area contributed by atoms with Crippen LogP contribution >= 0.6 is 24.8 Å². The molecule has 0 unspecified atom stereocenters. The Hall–Kier alpha value is -0.850. The Morgan fingerprint density at radius 3 is 2.62 bits per heavy atom. The summed E-state index contributed by atoms with van der Waals surface area (Å²) in [5, 5.41) is 10.9. The molecule has 0 saturated heterocycles. The summed E-state index contributed by atoms with van der Waals surface area (Å²) in [6, 6.07) is 0. The summed E-state index contributed by atoms with van der Waals surface area (Å²) in [5.41, 5.74) is 0. The molecule has 1 aliphatic rings. The number of likely N-dealkylation sites (N-methyl/N-ethyl adjacent to an activating group) is 1. The van der Waals surface area contributed by atoms with Crippen LogP contribution < -0.4 is 5.32 Å². The van der Waals surface area contributed by atoms with Gasteiger partial charge >= 0.3 is 0 Å². The molecule has 8 heteroatoms. The lowest BCUT2D eigenvalue weighted by molar-refractivity contribution is 0.0740. The van der Waals surface area contributed by atoms with Crippen molar-refractivity contribution in [2.75, 3.05) is 20.6 Å². The summed E-state index contributed by atoms with van der Waals surface area (Å²) in [5.74, 6) is 1.22. The number of rotatable bonds is 2. The van der Waals surface area contributed by atoms with Crippen LogP contribution in [0.15, 0.2) is 0 Å². The van der Waals surface area contributed by atoms with Gasteiger partial charge < -0.3 is 14.8 Å². The van der Waals surface area contributed by atoms with Crippen LogP contribution in [0, 0.1) is 0 Å². The quantitative estimate of drug-likeness (QED) is 0.815. The number of nitrogens with one attached hydrogen (secondary N) is 1. The van der Waals surface area contributed by atoms with E-state index in [0.717, 1.165) is 18.9 Å². The number of amides is 1. The zero-order valence-electron chi connectivity index (χ0n) is 9.13. The zero-order chi connectivity index (χ0) is 10.1. The maximum atomic E-state index is 11.6. The minimum absolute atomic E-state index is 0. The van der Waals surface area contributed by atoms with Crippen molar-refractivity contribution < 1.29 is 4.79 Å². The Bertz CT molecular complexity index is 367. The predicted molar refractivity (Wildman–Crippen MR) is 64.2 cm³/mol. The third-order valence-corrected chi connectivity index (χ3v) is 2.36. The van der Waals surface area contributed by atoms with E-state index in [1.807, 2.05) is 11.6 Å². The normalized spacial score (nSPS) is 13.9. The summed E-state index contributed by atoms with van der Waals surface area (Å²) in [6.45, 7) is 2.15. The fourth-order valence-corrected chi connectivity index (χ4v) is 1.54. The molecule has 0 radical (unpaired) electrons. The zero-order valence-corrected chi connectivity index (χ0v) is 10.8. The summed E-state index contributed by atoms with van der Waals surface area (Å²) in [4.78, 5) is 13.3. The van der Waals surface area contributed by atoms with Gasteiger partial charge in [0.15, 0.2) is 0 Å². The van der Waals surface area contributed by atoms with Gasteiger partial charge in [-0.25, -0.2) is 0 Å². The van der Waals surface area contributed by atoms with E-state index in [1.165, 1.54) is 0 Å². The molecule has 1 aromatic heterocycles. The molecule has 0 fully saturated rings. The number of hydrogen-bond acceptors (Lipinski definition) is 4. The molecule has 1 aromatic rings. The summed E-state index contributed by atoms with van der Waals surface area (Å²) >= 11 is 0. The van der Waals surface area contributed by atoms with Crippen molar-refractivity contribution in [2.45, 2.75) is 13.1 Å². The summed E-state index contributed by atoms with van der Waals surface area (Å²) < 4.78 is 1.87. The number of aromatic nitrogens is 3. The van der Waals surface area contributed by atoms with Gasteiger partial charge in [0.05, 0.1) is 6.54 Å². The Morgan fingerprint density at radius 2 is 2.00 bits per heavy atom. The Morgan fingerprint density at radius 1 is 1.31 bits per heavy atom. The van der Waals surface area contributed by atoms with Crippen LogP contribution in [-0.2, 0) is 13.1 Å². The molecule has 0 spiro atoms. The number of hydrogen-bond donors (Lipinski definition) is 1. The minimum atomic E-state index is -0.0499. The average molecular weight is 268 g/mol. The monoisotopic (exact) mass is 267 g/mol. The number of nitrogens with zero attached hydrogens (tertiary/aromatic N) is 4. The van der Waals surface area contributed by atoms with E-state index in [0.29, 0.717) is 12.4 Å². The first-order chi connectivity index (χ1) is 6.74. The van der Waals surface area contributed by atoms with Gasteiger partial charge in [0, 0.05) is 20.1 Å². The van der Waals surface area contributed by atoms with Gasteiger partial charge in [0.1, 0.15) is 5.82 Å². The molecule has 0 atom stereocenters. The highest BCUT2D eigenvalue weighted by Gasteiger charge is 2.25. The highest BCUT2D eigenvalue weighted by atomic mass is 35.5. The molecular weight excluding hydrogens is 253 g/mol. The van der Waals surface area contributed by atoms with Gasteiger partial charge in [-0.2, -0.15) is 0 Å². The Kier molecular flexibility index (Phi) is 5.71. The van der Waals surface area contributed by atoms with Crippen LogP contribution in [0.4, 0.5) is 0 Å². The van der Waals surface area contributed by atoms with E-state index >= 15 is 0 Å². The topological polar surface area (TPSA) is 63.1 Å². The van der Waals surface area contributed by atoms with Crippen molar-refractivity contribution in [1.82, 2.24) is 25.0 Å². The first kappa shape index (κ1) is 15.2. The lowest BCUT2D eigenvalue weighted by Gasteiger charge is -2.23. The molecule has 92 valence electrons. The Balaban J connectivity index is 0.00000112. The van der Waals surface area contributed by atoms with Crippen LogP contribution in [0.1, 0.15) is 16.4 Å². The van der Waals surface area contributed by atoms with Crippen LogP contribution in [0.25, 0.3) is 0 Å². The third-order valence-electron chi connectivity index (χ3n) is 2.36. The maximum absolute atomic E-state index is 11.6. The van der Waals surface area contributed by atoms with Crippen LogP contribution in [0.3, 0.4) is 0 Å². The van der Waals surface area contributed by atoms with Crippen LogP contribution in [-0.4, -0.2) is 46.2 Å². The van der Waals surface area contributed by atoms with Crippen molar-refractivity contribution in [2.24, 2.45) is 0 Å². The van der Waals surface area contributed by atoms with Gasteiger partial charge in [-0.15, -0.1) is 35.0 Å². The van der Waals surface area contributed by atoms with Gasteiger partial charge in [0.25, 0.3) is 5.91 Å². The van der Waals surface area contributed by atoms with E-state index in [9.17, 15) is 4.79 Å². The van der Waals surface area contributed by atoms with Crippen molar-refractivity contribution in [3.05, 3.63) is 11.6 Å². The lowest BCUT2D eigenvalue weighted by atomic mass is 10.3. The summed E-state index contributed by atoms with van der Waals surface area (Å²) in [6.07, 6.45) is 0. The number of carbonyl (C=O) groups excluding carboxylic acids is 1. The smallest absolute Gasteiger partial charge is 0.291 e. The summed E-state index contributed by atoms with van der Waals surface area (Å²) in [7, 11) is 3.62. The van der Waals surface area contributed by atoms with Crippen molar-refractivity contribution >= 4 is 30.7 Å². The predicted octanol–water partition coefficient (Wildman–Crippen LogP) is -0.0733. The largest absolute Gasteiger partial charge is 0.337 e. The standard InChI is InChI=1S/C8H13N5O.2ClH/c1-9-5-6-10-11-7-8(14)12(2)3-4-13(6)7;;/h9H,3-5H2,1-2H3;2*1H. The second kappa shape index (κ2) is 6.03. The molecule has 0 bridgehead atoms. The second-order valence-corrected chi connectivity index (χ2v) is 3.35. The molecule has 1 amide bonds. The van der Waals surface area contributed by atoms with Crippen molar-refractivity contribution in [3.63, 3.8) is 0 Å². The first-order valence-electron chi connectivity index (χ1n) is 4.56. The molecule has 0 aromatic carbocycles. The number of halogens is 2. The third kappa shape index (κ3) is 2.45. The number of carbonyl (C=O) groups is 1. The van der Waals surface area contributed by atoms with Crippen molar-refractivity contribution in [3.8, 4) is 0 Å². The molecule has 2 heterocycles. The van der Waals surface area contributed by atoms with E-state index in [1.54, 1.807) is 11.9 Å². The molecule has 2 rings (SSSR count). The maximum Gasteiger partial charge on any atom is 0.291 e. The van der Waals surface area contributed by atoms with E-state index in [4.69, 9.17) is 0 Å². The van der Waals surface area contributed by atoms with Gasteiger partial charge in [0.2, 0.25) is 5.82 Å². The van der Waals surface area contributed by atoms with Gasteiger partial charge in [-0.05, 0) is 7.05 Å². The van der Waals surface area contributed by atoms with E-state index in [2.05, 4.69) is 15.5 Å². The lowest BCUT2D eigenvalue weighted by Crippen LogP contribution is -2.38. The minimum Gasteiger partial charge on any atom is -0.337 e. The molecule has 1 N–H and O–H groups in total. The first-order valence-corrected chi connectivity index (χ1v) is 4.56. The molecule has 0 aliphatic carbocycles. The van der Waals surface area contributed by atoms with Gasteiger partial charge in [-0.1, -0.05) is 0 Å². The average Bonchev–Trinajstić information content (AvgIpc) is 2.57. The molecule has 6 nitrogen and oxygen atoms in total. The second-order valence-electron chi connectivity index (χ2n) is 3.35.